The summed E-state index contributed by atoms with van der Waals surface area (Å²) in [6, 6.07) is 5.40. The molecule has 1 spiro atoms. The number of amides is 1. The smallest absolute Gasteiger partial charge is 0.223 e. The molecule has 2 fully saturated rings. The Morgan fingerprint density at radius 3 is 2.52 bits per heavy atom. The Labute approximate surface area is 155 Å². The fourth-order valence-electron chi connectivity index (χ4n) is 4.17. The number of nitrogens with zero attached hydrogens (tertiary/aromatic N) is 3. The molecule has 2 aromatic rings. The van der Waals surface area contributed by atoms with Gasteiger partial charge in [0.25, 0.3) is 0 Å². The minimum Gasteiger partial charge on any atom is -0.369 e. The van der Waals surface area contributed by atoms with E-state index in [1.165, 1.54) is 12.3 Å². The predicted octanol–water partition coefficient (Wildman–Crippen LogP) is 3.52. The largest absolute Gasteiger partial charge is 0.369 e. The molecule has 0 atom stereocenters. The first kappa shape index (κ1) is 17.8. The minimum atomic E-state index is -0.901. The molecule has 7 heteroatoms. The summed E-state index contributed by atoms with van der Waals surface area (Å²) in [6.07, 6.45) is 4.81. The highest BCUT2D eigenvalue weighted by Gasteiger charge is 2.45. The molecule has 1 aromatic carbocycles. The molecule has 0 bridgehead atoms. The molecule has 4 rings (SSSR count). The Morgan fingerprint density at radius 2 is 1.81 bits per heavy atom. The van der Waals surface area contributed by atoms with E-state index in [9.17, 15) is 18.0 Å². The summed E-state index contributed by atoms with van der Waals surface area (Å²) in [4.78, 5) is 20.0. The summed E-state index contributed by atoms with van der Waals surface area (Å²) >= 11 is 0. The number of rotatable bonds is 3. The number of aromatic nitrogens is 1. The Morgan fingerprint density at radius 1 is 1.04 bits per heavy atom. The number of likely N-dealkylation sites (tertiary alicyclic amines) is 1. The van der Waals surface area contributed by atoms with Crippen LogP contribution < -0.4 is 4.90 Å². The lowest BCUT2D eigenvalue weighted by atomic mass is 9.77. The third-order valence-corrected chi connectivity index (χ3v) is 5.68. The Hall–Kier alpha value is -2.57. The zero-order valence-electron chi connectivity index (χ0n) is 14.8. The molecule has 1 aromatic heterocycles. The van der Waals surface area contributed by atoms with Gasteiger partial charge in [0.15, 0.2) is 17.5 Å². The van der Waals surface area contributed by atoms with Crippen molar-refractivity contribution in [2.75, 3.05) is 24.5 Å². The van der Waals surface area contributed by atoms with Crippen molar-refractivity contribution >= 4 is 11.6 Å². The van der Waals surface area contributed by atoms with Crippen molar-refractivity contribution in [3.63, 3.8) is 0 Å². The highest BCUT2D eigenvalue weighted by molar-refractivity contribution is 5.79. The van der Waals surface area contributed by atoms with E-state index in [1.54, 1.807) is 17.2 Å². The lowest BCUT2D eigenvalue weighted by molar-refractivity contribution is -0.128. The lowest BCUT2D eigenvalue weighted by Crippen LogP contribution is -2.42. The van der Waals surface area contributed by atoms with E-state index < -0.39 is 11.6 Å². The molecule has 3 heterocycles. The SMILES string of the molecule is O=C1CC2(CCN(c3ccncc3F)CC2)CN1Cc1ccc(F)c(F)c1. The molecular weight excluding hydrogens is 355 g/mol. The Balaban J connectivity index is 1.42. The van der Waals surface area contributed by atoms with Crippen molar-refractivity contribution in [2.24, 2.45) is 5.41 Å². The van der Waals surface area contributed by atoms with E-state index in [4.69, 9.17) is 0 Å². The van der Waals surface area contributed by atoms with Crippen LogP contribution in [0.2, 0.25) is 0 Å². The summed E-state index contributed by atoms with van der Waals surface area (Å²) in [5.41, 5.74) is 0.994. The maximum absolute atomic E-state index is 13.9. The maximum Gasteiger partial charge on any atom is 0.223 e. The van der Waals surface area contributed by atoms with E-state index in [0.717, 1.165) is 25.0 Å². The van der Waals surface area contributed by atoms with Gasteiger partial charge in [0.2, 0.25) is 5.91 Å². The second kappa shape index (κ2) is 6.87. The van der Waals surface area contributed by atoms with Gasteiger partial charge in [-0.15, -0.1) is 0 Å². The van der Waals surface area contributed by atoms with E-state index >= 15 is 0 Å². The molecular formula is C20H20F3N3O. The van der Waals surface area contributed by atoms with Gasteiger partial charge in [0.05, 0.1) is 11.9 Å². The van der Waals surface area contributed by atoms with Crippen molar-refractivity contribution in [1.29, 1.82) is 0 Å². The zero-order chi connectivity index (χ0) is 19.0. The first-order valence-corrected chi connectivity index (χ1v) is 9.02. The van der Waals surface area contributed by atoms with E-state index in [1.807, 2.05) is 4.90 Å². The van der Waals surface area contributed by atoms with Crippen LogP contribution in [0.4, 0.5) is 18.9 Å². The number of anilines is 1. The highest BCUT2D eigenvalue weighted by atomic mass is 19.2. The molecule has 4 nitrogen and oxygen atoms in total. The summed E-state index contributed by atoms with van der Waals surface area (Å²) in [7, 11) is 0. The predicted molar refractivity (Wildman–Crippen MR) is 94.5 cm³/mol. The fraction of sp³-hybridized carbons (Fsp3) is 0.400. The van der Waals surface area contributed by atoms with Gasteiger partial charge in [-0.3, -0.25) is 9.78 Å². The van der Waals surface area contributed by atoms with Crippen molar-refractivity contribution in [3.8, 4) is 0 Å². The van der Waals surface area contributed by atoms with Crippen molar-refractivity contribution < 1.29 is 18.0 Å². The Bertz CT molecular complexity index is 865. The summed E-state index contributed by atoms with van der Waals surface area (Å²) in [6.45, 7) is 2.22. The van der Waals surface area contributed by atoms with Gasteiger partial charge in [0, 0.05) is 44.2 Å². The van der Waals surface area contributed by atoms with E-state index in [0.29, 0.717) is 37.3 Å². The standard InChI is InChI=1S/C20H20F3N3O/c21-15-2-1-14(9-16(15)22)12-26-13-20(10-19(26)27)4-7-25(8-5-20)18-3-6-24-11-17(18)23/h1-3,6,9,11H,4-5,7-8,10,12-13H2. The molecule has 2 saturated heterocycles. The molecule has 0 N–H and O–H groups in total. The highest BCUT2D eigenvalue weighted by Crippen LogP contribution is 2.42. The third kappa shape index (κ3) is 3.50. The van der Waals surface area contributed by atoms with Crippen LogP contribution in [-0.4, -0.2) is 35.4 Å². The monoisotopic (exact) mass is 375 g/mol. The molecule has 2 aliphatic heterocycles. The zero-order valence-corrected chi connectivity index (χ0v) is 14.8. The fourth-order valence-corrected chi connectivity index (χ4v) is 4.17. The maximum atomic E-state index is 13.9. The minimum absolute atomic E-state index is 0.0308. The molecule has 0 saturated carbocycles. The van der Waals surface area contributed by atoms with E-state index in [2.05, 4.69) is 4.98 Å². The first-order valence-electron chi connectivity index (χ1n) is 9.02. The van der Waals surface area contributed by atoms with Crippen LogP contribution in [0.15, 0.2) is 36.7 Å². The molecule has 2 aliphatic rings. The van der Waals surface area contributed by atoms with Crippen LogP contribution in [0.5, 0.6) is 0 Å². The number of hydrogen-bond donors (Lipinski definition) is 0. The second-order valence-corrected chi connectivity index (χ2v) is 7.49. The molecule has 0 aliphatic carbocycles. The molecule has 0 radical (unpaired) electrons. The van der Waals surface area contributed by atoms with Crippen molar-refractivity contribution in [1.82, 2.24) is 9.88 Å². The van der Waals surface area contributed by atoms with Crippen molar-refractivity contribution in [3.05, 3.63) is 59.7 Å². The van der Waals surface area contributed by atoms with Gasteiger partial charge in [-0.25, -0.2) is 13.2 Å². The first-order chi connectivity index (χ1) is 13.0. The molecule has 142 valence electrons. The second-order valence-electron chi connectivity index (χ2n) is 7.49. The van der Waals surface area contributed by atoms with Gasteiger partial charge in [-0.05, 0) is 36.6 Å². The number of carbonyl (C=O) groups is 1. The number of halogens is 3. The average molecular weight is 375 g/mol. The van der Waals surface area contributed by atoms with Crippen LogP contribution in [0.3, 0.4) is 0 Å². The topological polar surface area (TPSA) is 36.4 Å². The average Bonchev–Trinajstić information content (AvgIpc) is 2.94. The summed E-state index contributed by atoms with van der Waals surface area (Å²) in [5.74, 6) is -2.10. The molecule has 1 amide bonds. The Kier molecular flexibility index (Phi) is 4.53. The van der Waals surface area contributed by atoms with Gasteiger partial charge < -0.3 is 9.80 Å². The number of piperidine rings is 1. The molecule has 0 unspecified atom stereocenters. The number of carbonyl (C=O) groups excluding carboxylic acids is 1. The van der Waals surface area contributed by atoms with Gasteiger partial charge in [0.1, 0.15) is 0 Å². The van der Waals surface area contributed by atoms with Crippen LogP contribution in [0.1, 0.15) is 24.8 Å². The van der Waals surface area contributed by atoms with Crippen LogP contribution in [0.25, 0.3) is 0 Å². The van der Waals surface area contributed by atoms with Gasteiger partial charge >= 0.3 is 0 Å². The number of benzene rings is 1. The normalized spacial score (nSPS) is 19.1. The van der Waals surface area contributed by atoms with Crippen LogP contribution in [-0.2, 0) is 11.3 Å². The molecule has 27 heavy (non-hydrogen) atoms. The summed E-state index contributed by atoms with van der Waals surface area (Å²) in [5, 5.41) is 0. The quantitative estimate of drug-likeness (QED) is 0.824. The lowest BCUT2D eigenvalue weighted by Gasteiger charge is -2.40. The van der Waals surface area contributed by atoms with E-state index in [-0.39, 0.29) is 23.7 Å². The third-order valence-electron chi connectivity index (χ3n) is 5.68. The number of pyridine rings is 1. The van der Waals surface area contributed by atoms with Crippen LogP contribution in [0, 0.1) is 22.9 Å². The number of hydrogen-bond acceptors (Lipinski definition) is 3. The van der Waals surface area contributed by atoms with Crippen molar-refractivity contribution in [2.45, 2.75) is 25.8 Å². The summed E-state index contributed by atoms with van der Waals surface area (Å²) < 4.78 is 40.5. The van der Waals surface area contributed by atoms with Gasteiger partial charge in [-0.2, -0.15) is 0 Å². The van der Waals surface area contributed by atoms with Gasteiger partial charge in [-0.1, -0.05) is 6.07 Å². The van der Waals surface area contributed by atoms with Crippen LogP contribution >= 0.6 is 0 Å².